The van der Waals surface area contributed by atoms with Crippen molar-refractivity contribution in [2.75, 3.05) is 18.0 Å². The van der Waals surface area contributed by atoms with Crippen molar-refractivity contribution in [1.82, 2.24) is 25.3 Å². The van der Waals surface area contributed by atoms with E-state index in [9.17, 15) is 4.79 Å². The van der Waals surface area contributed by atoms with Gasteiger partial charge in [-0.15, -0.1) is 10.2 Å². The molecule has 8 heteroatoms. The van der Waals surface area contributed by atoms with Gasteiger partial charge in [0.1, 0.15) is 5.01 Å². The standard InChI is InChI=1S/C13H18N6OS/c1-9-16-17-13(21-9)19-5-3-11(4-6-19)15-12(20)10-7-14-18(2)8-10/h7-8,11H,3-6H2,1-2H3,(H,15,20). The van der Waals surface area contributed by atoms with Crippen molar-refractivity contribution in [3.63, 3.8) is 0 Å². The van der Waals surface area contributed by atoms with Gasteiger partial charge in [0.05, 0.1) is 11.8 Å². The zero-order valence-corrected chi connectivity index (χ0v) is 12.9. The molecule has 0 atom stereocenters. The molecule has 1 aliphatic rings. The number of rotatable bonds is 3. The molecule has 1 amide bonds. The van der Waals surface area contributed by atoms with Gasteiger partial charge < -0.3 is 10.2 Å². The minimum Gasteiger partial charge on any atom is -0.349 e. The van der Waals surface area contributed by atoms with Crippen LogP contribution in [0.4, 0.5) is 5.13 Å². The summed E-state index contributed by atoms with van der Waals surface area (Å²) in [6, 6.07) is 0.211. The van der Waals surface area contributed by atoms with E-state index in [0.717, 1.165) is 36.1 Å². The summed E-state index contributed by atoms with van der Waals surface area (Å²) in [4.78, 5) is 14.3. The second-order valence-electron chi connectivity index (χ2n) is 5.24. The number of aryl methyl sites for hydroxylation is 2. The van der Waals surface area contributed by atoms with E-state index in [2.05, 4.69) is 25.5 Å². The van der Waals surface area contributed by atoms with Crippen LogP contribution in [0.2, 0.25) is 0 Å². The van der Waals surface area contributed by atoms with Gasteiger partial charge in [0, 0.05) is 32.4 Å². The first-order chi connectivity index (χ1) is 10.1. The third-order valence-electron chi connectivity index (χ3n) is 3.58. The number of hydrogen-bond donors (Lipinski definition) is 1. The molecule has 0 radical (unpaired) electrons. The monoisotopic (exact) mass is 306 g/mol. The Morgan fingerprint density at radius 2 is 2.14 bits per heavy atom. The van der Waals surface area contributed by atoms with Crippen molar-refractivity contribution in [2.45, 2.75) is 25.8 Å². The average Bonchev–Trinajstić information content (AvgIpc) is 3.08. The smallest absolute Gasteiger partial charge is 0.254 e. The van der Waals surface area contributed by atoms with Crippen LogP contribution in [0.1, 0.15) is 28.2 Å². The highest BCUT2D eigenvalue weighted by Crippen LogP contribution is 2.23. The molecule has 3 heterocycles. The molecule has 3 rings (SSSR count). The van der Waals surface area contributed by atoms with Gasteiger partial charge in [-0.3, -0.25) is 9.48 Å². The molecule has 1 N–H and O–H groups in total. The molecule has 0 aromatic carbocycles. The lowest BCUT2D eigenvalue weighted by atomic mass is 10.1. The maximum absolute atomic E-state index is 12.1. The van der Waals surface area contributed by atoms with E-state index >= 15 is 0 Å². The number of hydrogen-bond acceptors (Lipinski definition) is 6. The predicted octanol–water partition coefficient (Wildman–Crippen LogP) is 0.979. The fourth-order valence-corrected chi connectivity index (χ4v) is 3.18. The van der Waals surface area contributed by atoms with Crippen molar-refractivity contribution >= 4 is 22.4 Å². The van der Waals surface area contributed by atoms with Gasteiger partial charge >= 0.3 is 0 Å². The molecule has 0 bridgehead atoms. The summed E-state index contributed by atoms with van der Waals surface area (Å²) in [5, 5.41) is 17.3. The van der Waals surface area contributed by atoms with E-state index in [1.54, 1.807) is 35.5 Å². The maximum Gasteiger partial charge on any atom is 0.254 e. The Balaban J connectivity index is 1.53. The fourth-order valence-electron chi connectivity index (χ4n) is 2.44. The number of anilines is 1. The van der Waals surface area contributed by atoms with Crippen LogP contribution in [0.5, 0.6) is 0 Å². The maximum atomic E-state index is 12.1. The molecule has 7 nitrogen and oxygen atoms in total. The number of nitrogens with zero attached hydrogens (tertiary/aromatic N) is 5. The summed E-state index contributed by atoms with van der Waals surface area (Å²) in [6.45, 7) is 3.75. The third-order valence-corrected chi connectivity index (χ3v) is 4.48. The quantitative estimate of drug-likeness (QED) is 0.915. The lowest BCUT2D eigenvalue weighted by Crippen LogP contribution is -2.44. The summed E-state index contributed by atoms with van der Waals surface area (Å²) in [6.07, 6.45) is 5.16. The third kappa shape index (κ3) is 3.21. The van der Waals surface area contributed by atoms with E-state index in [-0.39, 0.29) is 11.9 Å². The van der Waals surface area contributed by atoms with E-state index in [1.165, 1.54) is 0 Å². The number of amides is 1. The van der Waals surface area contributed by atoms with Crippen molar-refractivity contribution in [3.8, 4) is 0 Å². The lowest BCUT2D eigenvalue weighted by molar-refractivity contribution is 0.0931. The van der Waals surface area contributed by atoms with Crippen LogP contribution >= 0.6 is 11.3 Å². The number of nitrogens with one attached hydrogen (secondary N) is 1. The second-order valence-corrected chi connectivity index (χ2v) is 6.40. The van der Waals surface area contributed by atoms with Crippen LogP contribution in [-0.2, 0) is 7.05 Å². The molecule has 1 fully saturated rings. The van der Waals surface area contributed by atoms with Gasteiger partial charge in [-0.2, -0.15) is 5.10 Å². The molecule has 1 aliphatic heterocycles. The van der Waals surface area contributed by atoms with Crippen LogP contribution in [0.25, 0.3) is 0 Å². The van der Waals surface area contributed by atoms with Crippen molar-refractivity contribution < 1.29 is 4.79 Å². The zero-order chi connectivity index (χ0) is 14.8. The number of aromatic nitrogens is 4. The predicted molar refractivity (Wildman–Crippen MR) is 80.6 cm³/mol. The van der Waals surface area contributed by atoms with Gasteiger partial charge in [-0.25, -0.2) is 0 Å². The summed E-state index contributed by atoms with van der Waals surface area (Å²) < 4.78 is 1.63. The van der Waals surface area contributed by atoms with Crippen molar-refractivity contribution in [1.29, 1.82) is 0 Å². The van der Waals surface area contributed by atoms with E-state index in [0.29, 0.717) is 5.56 Å². The van der Waals surface area contributed by atoms with E-state index in [1.807, 2.05) is 6.92 Å². The van der Waals surface area contributed by atoms with Crippen LogP contribution in [0, 0.1) is 6.92 Å². The van der Waals surface area contributed by atoms with Gasteiger partial charge in [-0.05, 0) is 19.8 Å². The molecular weight excluding hydrogens is 288 g/mol. The highest BCUT2D eigenvalue weighted by atomic mass is 32.1. The van der Waals surface area contributed by atoms with Crippen LogP contribution in [0.15, 0.2) is 12.4 Å². The molecule has 0 spiro atoms. The summed E-state index contributed by atoms with van der Waals surface area (Å²) in [5.41, 5.74) is 0.611. The molecule has 0 aliphatic carbocycles. The molecule has 0 saturated carbocycles. The first-order valence-electron chi connectivity index (χ1n) is 6.96. The number of carbonyl (C=O) groups excluding carboxylic acids is 1. The second kappa shape index (κ2) is 5.80. The first kappa shape index (κ1) is 14.0. The van der Waals surface area contributed by atoms with Crippen LogP contribution in [0.3, 0.4) is 0 Å². The van der Waals surface area contributed by atoms with E-state index in [4.69, 9.17) is 0 Å². The zero-order valence-electron chi connectivity index (χ0n) is 12.1. The molecule has 1 saturated heterocycles. The Bertz CT molecular complexity index is 628. The molecular formula is C13H18N6OS. The molecule has 2 aromatic heterocycles. The normalized spacial score (nSPS) is 16.2. The summed E-state index contributed by atoms with van der Waals surface area (Å²) >= 11 is 1.61. The number of piperidine rings is 1. The Kier molecular flexibility index (Phi) is 3.87. The first-order valence-corrected chi connectivity index (χ1v) is 7.78. The Morgan fingerprint density at radius 1 is 1.38 bits per heavy atom. The van der Waals surface area contributed by atoms with Crippen molar-refractivity contribution in [2.24, 2.45) is 7.05 Å². The Labute approximate surface area is 127 Å². The van der Waals surface area contributed by atoms with Crippen LogP contribution in [-0.4, -0.2) is 45.0 Å². The summed E-state index contributed by atoms with van der Waals surface area (Å²) in [5.74, 6) is -0.0479. The highest BCUT2D eigenvalue weighted by Gasteiger charge is 2.23. The minimum atomic E-state index is -0.0479. The topological polar surface area (TPSA) is 75.9 Å². The Hall–Kier alpha value is -1.96. The van der Waals surface area contributed by atoms with E-state index < -0.39 is 0 Å². The lowest BCUT2D eigenvalue weighted by Gasteiger charge is -2.31. The molecule has 0 unspecified atom stereocenters. The summed E-state index contributed by atoms with van der Waals surface area (Å²) in [7, 11) is 1.80. The van der Waals surface area contributed by atoms with Gasteiger partial charge in [0.15, 0.2) is 0 Å². The molecule has 112 valence electrons. The van der Waals surface area contributed by atoms with Gasteiger partial charge in [0.2, 0.25) is 5.13 Å². The Morgan fingerprint density at radius 3 is 2.71 bits per heavy atom. The number of carbonyl (C=O) groups is 1. The van der Waals surface area contributed by atoms with Crippen molar-refractivity contribution in [3.05, 3.63) is 23.0 Å². The van der Waals surface area contributed by atoms with Gasteiger partial charge in [0.25, 0.3) is 5.91 Å². The molecule has 21 heavy (non-hydrogen) atoms. The average molecular weight is 306 g/mol. The van der Waals surface area contributed by atoms with Gasteiger partial charge in [-0.1, -0.05) is 11.3 Å². The molecule has 2 aromatic rings. The minimum absolute atomic E-state index is 0.0479. The SMILES string of the molecule is Cc1nnc(N2CCC(NC(=O)c3cnn(C)c3)CC2)s1. The van der Waals surface area contributed by atoms with Crippen LogP contribution < -0.4 is 10.2 Å². The fraction of sp³-hybridized carbons (Fsp3) is 0.538. The largest absolute Gasteiger partial charge is 0.349 e. The highest BCUT2D eigenvalue weighted by molar-refractivity contribution is 7.15.